The van der Waals surface area contributed by atoms with Crippen molar-refractivity contribution in [2.75, 3.05) is 33.4 Å². The van der Waals surface area contributed by atoms with Crippen LogP contribution in [0.4, 0.5) is 4.79 Å². The van der Waals surface area contributed by atoms with Crippen molar-refractivity contribution >= 4 is 36.6 Å². The second kappa shape index (κ2) is 11.2. The normalized spacial score (nSPS) is 18.3. The molecule has 156 valence electrons. The number of nitrogens with zero attached hydrogens (tertiary/aromatic N) is 4. The molecule has 0 aliphatic carbocycles. The Hall–Kier alpha value is -1.83. The molecule has 28 heavy (non-hydrogen) atoms. The van der Waals surface area contributed by atoms with E-state index in [1.807, 2.05) is 30.6 Å². The average molecular weight is 430 g/mol. The van der Waals surface area contributed by atoms with Gasteiger partial charge in [0.25, 0.3) is 0 Å². The van der Waals surface area contributed by atoms with E-state index in [9.17, 15) is 9.59 Å². The molecular formula is C19H29Cl2N5O2. The number of likely N-dealkylation sites (tertiary alicyclic amines) is 1. The fraction of sp³-hybridized carbons (Fsp3) is 0.526. The number of Topliss-reactive ketones (excluding diaryl/α,β-unsaturated/α-hetero) is 1. The van der Waals surface area contributed by atoms with Gasteiger partial charge in [0.15, 0.2) is 5.78 Å². The Balaban J connectivity index is 0.00000196. The molecular weight excluding hydrogens is 401 g/mol. The maximum Gasteiger partial charge on any atom is 0.323 e. The number of nitrogens with one attached hydrogen (secondary N) is 1. The van der Waals surface area contributed by atoms with E-state index >= 15 is 0 Å². The molecule has 3 rings (SSSR count). The van der Waals surface area contributed by atoms with E-state index < -0.39 is 6.17 Å². The second-order valence-corrected chi connectivity index (χ2v) is 6.93. The number of carbonyl (C=O) groups excluding carboxylic acids is 2. The van der Waals surface area contributed by atoms with Gasteiger partial charge in [0, 0.05) is 44.5 Å². The molecule has 2 amide bonds. The molecule has 2 aliphatic heterocycles. The summed E-state index contributed by atoms with van der Waals surface area (Å²) in [7, 11) is 1.72. The van der Waals surface area contributed by atoms with Gasteiger partial charge >= 0.3 is 6.03 Å². The Morgan fingerprint density at radius 3 is 2.50 bits per heavy atom. The molecule has 1 atom stereocenters. The third-order valence-corrected chi connectivity index (χ3v) is 5.13. The van der Waals surface area contributed by atoms with Crippen LogP contribution in [0.5, 0.6) is 0 Å². The molecule has 3 heterocycles. The van der Waals surface area contributed by atoms with Crippen LogP contribution in [-0.2, 0) is 4.79 Å². The van der Waals surface area contributed by atoms with Crippen molar-refractivity contribution in [2.24, 2.45) is 0 Å². The van der Waals surface area contributed by atoms with E-state index in [-0.39, 0.29) is 36.6 Å². The predicted octanol–water partition coefficient (Wildman–Crippen LogP) is 2.45. The molecule has 0 bridgehead atoms. The standard InChI is InChI=1S/C19H27N5O2.2ClH/c1-15(25)18(22(2)19(26)24-11-5-9-20-14-24)23-12-7-16(8-13-23)17-6-3-4-10-21-17;;/h3-6,9-10,16,18,20H,7-8,11-14H2,1-2H3;2*1H. The molecule has 0 saturated carbocycles. The molecule has 1 aromatic rings. The van der Waals surface area contributed by atoms with Crippen molar-refractivity contribution in [3.05, 3.63) is 42.4 Å². The number of pyridine rings is 1. The maximum atomic E-state index is 12.8. The first kappa shape index (κ1) is 24.2. The zero-order valence-corrected chi connectivity index (χ0v) is 17.9. The summed E-state index contributed by atoms with van der Waals surface area (Å²) in [4.78, 5) is 34.9. The van der Waals surface area contributed by atoms with Gasteiger partial charge in [0.1, 0.15) is 6.17 Å². The molecule has 9 heteroatoms. The van der Waals surface area contributed by atoms with Crippen LogP contribution in [0.25, 0.3) is 0 Å². The van der Waals surface area contributed by atoms with Gasteiger partial charge in [-0.2, -0.15) is 0 Å². The second-order valence-electron chi connectivity index (χ2n) is 6.93. The molecule has 1 saturated heterocycles. The van der Waals surface area contributed by atoms with Crippen LogP contribution in [0.2, 0.25) is 0 Å². The molecule has 2 aliphatic rings. The third-order valence-electron chi connectivity index (χ3n) is 5.13. The topological polar surface area (TPSA) is 68.8 Å². The highest BCUT2D eigenvalue weighted by atomic mass is 35.5. The minimum absolute atomic E-state index is 0. The lowest BCUT2D eigenvalue weighted by atomic mass is 9.92. The van der Waals surface area contributed by atoms with Crippen molar-refractivity contribution in [3.63, 3.8) is 0 Å². The number of carbonyl (C=O) groups is 2. The molecule has 0 aromatic carbocycles. The summed E-state index contributed by atoms with van der Waals surface area (Å²) in [5.41, 5.74) is 1.11. The minimum atomic E-state index is -0.516. The molecule has 1 aromatic heterocycles. The number of aromatic nitrogens is 1. The Bertz CT molecular complexity index is 666. The summed E-state index contributed by atoms with van der Waals surface area (Å²) in [5.74, 6) is 0.412. The molecule has 1 unspecified atom stereocenters. The number of hydrogen-bond donors (Lipinski definition) is 1. The molecule has 1 N–H and O–H groups in total. The number of likely N-dealkylation sites (N-methyl/N-ethyl adjacent to an activating group) is 1. The SMILES string of the molecule is CC(=O)C(N1CCC(c2ccccn2)CC1)N(C)C(=O)N1CC=CNC1.Cl.Cl. The summed E-state index contributed by atoms with van der Waals surface area (Å²) in [6.45, 7) is 4.14. The summed E-state index contributed by atoms with van der Waals surface area (Å²) >= 11 is 0. The summed E-state index contributed by atoms with van der Waals surface area (Å²) in [6, 6.07) is 5.87. The highest BCUT2D eigenvalue weighted by molar-refractivity contribution is 5.86. The molecule has 1 fully saturated rings. The number of hydrogen-bond acceptors (Lipinski definition) is 5. The van der Waals surface area contributed by atoms with Crippen LogP contribution < -0.4 is 5.32 Å². The first-order valence-corrected chi connectivity index (χ1v) is 9.13. The first-order valence-electron chi connectivity index (χ1n) is 9.13. The third kappa shape index (κ3) is 5.59. The van der Waals surface area contributed by atoms with Crippen LogP contribution in [-0.4, -0.2) is 71.0 Å². The van der Waals surface area contributed by atoms with Gasteiger partial charge in [-0.25, -0.2) is 4.79 Å². The lowest BCUT2D eigenvalue weighted by Crippen LogP contribution is -2.58. The van der Waals surface area contributed by atoms with E-state index in [1.165, 1.54) is 0 Å². The number of halogens is 2. The van der Waals surface area contributed by atoms with E-state index in [0.29, 0.717) is 19.1 Å². The Kier molecular flexibility index (Phi) is 9.72. The van der Waals surface area contributed by atoms with E-state index in [2.05, 4.69) is 21.3 Å². The fourth-order valence-electron chi connectivity index (χ4n) is 3.80. The zero-order chi connectivity index (χ0) is 18.5. The van der Waals surface area contributed by atoms with E-state index in [1.54, 1.807) is 23.8 Å². The summed E-state index contributed by atoms with van der Waals surface area (Å²) < 4.78 is 0. The zero-order valence-electron chi connectivity index (χ0n) is 16.3. The predicted molar refractivity (Wildman–Crippen MR) is 114 cm³/mol. The fourth-order valence-corrected chi connectivity index (χ4v) is 3.80. The van der Waals surface area contributed by atoms with Crippen molar-refractivity contribution in [1.82, 2.24) is 25.0 Å². The van der Waals surface area contributed by atoms with Gasteiger partial charge in [-0.1, -0.05) is 6.07 Å². The van der Waals surface area contributed by atoms with Crippen LogP contribution in [0.15, 0.2) is 36.7 Å². The summed E-state index contributed by atoms with van der Waals surface area (Å²) in [5, 5.41) is 3.03. The van der Waals surface area contributed by atoms with E-state index in [0.717, 1.165) is 31.6 Å². The van der Waals surface area contributed by atoms with Gasteiger partial charge in [-0.15, -0.1) is 24.8 Å². The molecule has 7 nitrogen and oxygen atoms in total. The van der Waals surface area contributed by atoms with Crippen LogP contribution >= 0.6 is 24.8 Å². The Labute approximate surface area is 179 Å². The first-order chi connectivity index (χ1) is 12.6. The van der Waals surface area contributed by atoms with Gasteiger partial charge < -0.3 is 15.1 Å². The van der Waals surface area contributed by atoms with Crippen LogP contribution in [0, 0.1) is 0 Å². The maximum absolute atomic E-state index is 12.8. The molecule has 0 spiro atoms. The Morgan fingerprint density at radius 2 is 1.96 bits per heavy atom. The highest BCUT2D eigenvalue weighted by Crippen LogP contribution is 2.28. The highest BCUT2D eigenvalue weighted by Gasteiger charge is 2.35. The lowest BCUT2D eigenvalue weighted by Gasteiger charge is -2.41. The number of urea groups is 1. The van der Waals surface area contributed by atoms with Crippen molar-refractivity contribution in [1.29, 1.82) is 0 Å². The van der Waals surface area contributed by atoms with Crippen LogP contribution in [0.1, 0.15) is 31.4 Å². The Morgan fingerprint density at radius 1 is 1.25 bits per heavy atom. The van der Waals surface area contributed by atoms with Gasteiger partial charge in [-0.3, -0.25) is 14.7 Å². The number of piperidine rings is 1. The van der Waals surface area contributed by atoms with Gasteiger partial charge in [0.2, 0.25) is 0 Å². The number of rotatable bonds is 4. The molecule has 0 radical (unpaired) electrons. The van der Waals surface area contributed by atoms with Crippen LogP contribution in [0.3, 0.4) is 0 Å². The smallest absolute Gasteiger partial charge is 0.323 e. The quantitative estimate of drug-likeness (QED) is 0.795. The number of ketones is 1. The minimum Gasteiger partial charge on any atom is -0.374 e. The average Bonchev–Trinajstić information content (AvgIpc) is 2.69. The monoisotopic (exact) mass is 429 g/mol. The van der Waals surface area contributed by atoms with Gasteiger partial charge in [0.05, 0.1) is 6.67 Å². The van der Waals surface area contributed by atoms with Crippen molar-refractivity contribution in [2.45, 2.75) is 31.8 Å². The van der Waals surface area contributed by atoms with E-state index in [4.69, 9.17) is 0 Å². The largest absolute Gasteiger partial charge is 0.374 e. The van der Waals surface area contributed by atoms with Crippen molar-refractivity contribution in [3.8, 4) is 0 Å². The lowest BCUT2D eigenvalue weighted by molar-refractivity contribution is -0.127. The number of amides is 2. The van der Waals surface area contributed by atoms with Crippen molar-refractivity contribution < 1.29 is 9.59 Å². The summed E-state index contributed by atoms with van der Waals surface area (Å²) in [6.07, 6.45) is 6.94. The van der Waals surface area contributed by atoms with Gasteiger partial charge in [-0.05, 0) is 44.2 Å².